The molecular formula is C44H40O4P2. The van der Waals surface area contributed by atoms with Crippen LogP contribution in [0.4, 0.5) is 0 Å². The lowest BCUT2D eigenvalue weighted by Crippen LogP contribution is -2.14. The molecule has 2 aliphatic rings. The molecule has 0 fully saturated rings. The molecule has 0 saturated carbocycles. The van der Waals surface area contributed by atoms with Crippen molar-refractivity contribution in [3.05, 3.63) is 130 Å². The molecule has 0 saturated heterocycles. The number of benzene rings is 6. The largest absolute Gasteiger partial charge is 0.454 e. The molecule has 2 atom stereocenters. The van der Waals surface area contributed by atoms with Crippen molar-refractivity contribution >= 4 is 38.4 Å². The summed E-state index contributed by atoms with van der Waals surface area (Å²) in [6, 6.07) is 35.9. The van der Waals surface area contributed by atoms with E-state index in [4.69, 9.17) is 18.9 Å². The Balaban J connectivity index is 1.25. The molecule has 6 aromatic carbocycles. The van der Waals surface area contributed by atoms with Gasteiger partial charge in [0.05, 0.1) is 0 Å². The molecule has 0 aromatic heterocycles. The third kappa shape index (κ3) is 6.51. The van der Waals surface area contributed by atoms with Gasteiger partial charge in [0.15, 0.2) is 23.0 Å². The topological polar surface area (TPSA) is 36.9 Å². The minimum absolute atomic E-state index is 0.192. The van der Waals surface area contributed by atoms with Gasteiger partial charge in [-0.15, -0.1) is 0 Å². The fraction of sp³-hybridized carbons (Fsp3) is 0.182. The Morgan fingerprint density at radius 3 is 1.10 bits per heavy atom. The van der Waals surface area contributed by atoms with Crippen LogP contribution in [0.3, 0.4) is 0 Å². The van der Waals surface area contributed by atoms with E-state index in [0.29, 0.717) is 17.2 Å². The minimum Gasteiger partial charge on any atom is -0.454 e. The lowest BCUT2D eigenvalue weighted by Gasteiger charge is -2.19. The van der Waals surface area contributed by atoms with Gasteiger partial charge in [0.2, 0.25) is 13.6 Å². The number of fused-ring (bicyclic) bond motifs is 2. The maximum Gasteiger partial charge on any atom is 0.231 e. The molecule has 0 amide bonds. The summed E-state index contributed by atoms with van der Waals surface area (Å²) in [6.45, 7) is 13.4. The van der Waals surface area contributed by atoms with E-state index in [1.54, 1.807) is 0 Å². The van der Waals surface area contributed by atoms with Crippen LogP contribution >= 0.6 is 17.2 Å². The van der Waals surface area contributed by atoms with Gasteiger partial charge in [-0.3, -0.25) is 0 Å². The molecule has 8 rings (SSSR count). The smallest absolute Gasteiger partial charge is 0.231 e. The van der Waals surface area contributed by atoms with Gasteiger partial charge in [-0.05, 0) is 133 Å². The highest BCUT2D eigenvalue weighted by molar-refractivity contribution is 7.56. The zero-order valence-electron chi connectivity index (χ0n) is 29.3. The summed E-state index contributed by atoms with van der Waals surface area (Å²) in [5, 5.41) is 4.90. The van der Waals surface area contributed by atoms with Crippen molar-refractivity contribution in [3.8, 4) is 56.4 Å². The predicted octanol–water partition coefficient (Wildman–Crippen LogP) is 9.25. The van der Waals surface area contributed by atoms with E-state index in [1.807, 2.05) is 12.1 Å². The van der Waals surface area contributed by atoms with Gasteiger partial charge in [0, 0.05) is 11.1 Å². The number of aryl methyl sites for hydroxylation is 6. The molecule has 6 aromatic rings. The maximum atomic E-state index is 6.28. The Bertz CT molecular complexity index is 2110. The van der Waals surface area contributed by atoms with E-state index in [9.17, 15) is 0 Å². The Kier molecular flexibility index (Phi) is 8.64. The minimum atomic E-state index is 0.192. The van der Waals surface area contributed by atoms with Crippen molar-refractivity contribution < 1.29 is 18.9 Å². The third-order valence-electron chi connectivity index (χ3n) is 9.15. The summed E-state index contributed by atoms with van der Waals surface area (Å²) in [6.07, 6.45) is 0. The SMILES string of the molecule is Cc1cc(C)cc(-c2cc(C)cc(Pc3ccc4c(c3-c3c(Pc5cc(C)cc(-c6cc(C)cc(C)c6)c5)ccc5c3OCO5)OCO4)c2)c1. The fourth-order valence-electron chi connectivity index (χ4n) is 7.29. The Hall–Kier alpha value is -4.62. The summed E-state index contributed by atoms with van der Waals surface area (Å²) in [7, 11) is 0.764. The van der Waals surface area contributed by atoms with Crippen LogP contribution < -0.4 is 40.2 Å². The predicted molar refractivity (Wildman–Crippen MR) is 211 cm³/mol. The second-order valence-corrected chi connectivity index (χ2v) is 16.4. The second-order valence-electron chi connectivity index (χ2n) is 13.6. The van der Waals surface area contributed by atoms with Crippen LogP contribution in [0.25, 0.3) is 33.4 Å². The molecule has 4 nitrogen and oxygen atoms in total. The Labute approximate surface area is 298 Å². The van der Waals surface area contributed by atoms with E-state index in [1.165, 1.54) is 76.9 Å². The Morgan fingerprint density at radius 1 is 0.380 bits per heavy atom. The quantitative estimate of drug-likeness (QED) is 0.156. The molecule has 6 heteroatoms. The summed E-state index contributed by atoms with van der Waals surface area (Å²) in [5.74, 6) is 3.05. The van der Waals surface area contributed by atoms with Crippen LogP contribution in [0, 0.1) is 41.5 Å². The molecule has 0 radical (unpaired) electrons. The van der Waals surface area contributed by atoms with Crippen LogP contribution in [0.5, 0.6) is 23.0 Å². The van der Waals surface area contributed by atoms with Gasteiger partial charge in [0.1, 0.15) is 0 Å². The van der Waals surface area contributed by atoms with Crippen molar-refractivity contribution in [2.75, 3.05) is 13.6 Å². The van der Waals surface area contributed by atoms with Crippen LogP contribution in [0.15, 0.2) is 97.1 Å². The summed E-state index contributed by atoms with van der Waals surface area (Å²) in [5.41, 5.74) is 14.6. The number of rotatable bonds is 7. The van der Waals surface area contributed by atoms with Gasteiger partial charge < -0.3 is 18.9 Å². The van der Waals surface area contributed by atoms with Crippen molar-refractivity contribution in [1.82, 2.24) is 0 Å². The van der Waals surface area contributed by atoms with Crippen LogP contribution in [0.2, 0.25) is 0 Å². The molecule has 50 heavy (non-hydrogen) atoms. The zero-order chi connectivity index (χ0) is 34.5. The molecule has 0 aliphatic carbocycles. The lowest BCUT2D eigenvalue weighted by molar-refractivity contribution is 0.173. The van der Waals surface area contributed by atoms with Crippen LogP contribution in [0.1, 0.15) is 33.4 Å². The first kappa shape index (κ1) is 32.6. The molecule has 250 valence electrons. The summed E-state index contributed by atoms with van der Waals surface area (Å²) in [4.78, 5) is 0. The van der Waals surface area contributed by atoms with Crippen molar-refractivity contribution in [2.24, 2.45) is 0 Å². The highest BCUT2D eigenvalue weighted by atomic mass is 31.1. The maximum absolute atomic E-state index is 6.28. The van der Waals surface area contributed by atoms with Gasteiger partial charge in [-0.25, -0.2) is 0 Å². The van der Waals surface area contributed by atoms with Crippen molar-refractivity contribution in [3.63, 3.8) is 0 Å². The van der Waals surface area contributed by atoms with Gasteiger partial charge in [-0.2, -0.15) is 0 Å². The molecule has 0 N–H and O–H groups in total. The van der Waals surface area contributed by atoms with E-state index in [0.717, 1.165) is 34.1 Å². The van der Waals surface area contributed by atoms with E-state index >= 15 is 0 Å². The first-order chi connectivity index (χ1) is 24.2. The van der Waals surface area contributed by atoms with E-state index in [2.05, 4.69) is 126 Å². The molecular weight excluding hydrogens is 654 g/mol. The van der Waals surface area contributed by atoms with Crippen LogP contribution in [-0.4, -0.2) is 13.6 Å². The van der Waals surface area contributed by atoms with Gasteiger partial charge in [-0.1, -0.05) is 100 Å². The number of ether oxygens (including phenoxy) is 4. The monoisotopic (exact) mass is 694 g/mol. The van der Waals surface area contributed by atoms with Gasteiger partial charge in [0.25, 0.3) is 0 Å². The van der Waals surface area contributed by atoms with Crippen LogP contribution in [-0.2, 0) is 0 Å². The third-order valence-corrected chi connectivity index (χ3v) is 11.7. The van der Waals surface area contributed by atoms with E-state index < -0.39 is 0 Å². The lowest BCUT2D eigenvalue weighted by atomic mass is 9.99. The summed E-state index contributed by atoms with van der Waals surface area (Å²) >= 11 is 0. The normalized spacial score (nSPS) is 13.3. The molecule has 0 bridgehead atoms. The molecule has 2 aliphatic heterocycles. The second kappa shape index (κ2) is 13.3. The molecule has 2 unspecified atom stereocenters. The average molecular weight is 695 g/mol. The Morgan fingerprint density at radius 2 is 0.720 bits per heavy atom. The first-order valence-electron chi connectivity index (χ1n) is 17.0. The highest BCUT2D eigenvalue weighted by Gasteiger charge is 2.30. The molecule has 2 heterocycles. The highest BCUT2D eigenvalue weighted by Crippen LogP contribution is 2.49. The number of hydrogen-bond acceptors (Lipinski definition) is 4. The van der Waals surface area contributed by atoms with Crippen molar-refractivity contribution in [2.45, 2.75) is 41.5 Å². The van der Waals surface area contributed by atoms with E-state index in [-0.39, 0.29) is 13.6 Å². The first-order valence-corrected chi connectivity index (χ1v) is 19.0. The zero-order valence-corrected chi connectivity index (χ0v) is 31.3. The fourth-order valence-corrected chi connectivity index (χ4v) is 10.0. The summed E-state index contributed by atoms with van der Waals surface area (Å²) < 4.78 is 24.5. The van der Waals surface area contributed by atoms with Gasteiger partial charge >= 0.3 is 0 Å². The molecule has 0 spiro atoms. The van der Waals surface area contributed by atoms with Crippen molar-refractivity contribution in [1.29, 1.82) is 0 Å². The standard InChI is InChI=1S/C44H40O4P2/c1-25-11-26(2)14-31(13-25)33-17-29(5)19-35(21-33)49-39-9-7-37-43(47-23-45-37)41(39)42-40(10-8-38-44(42)48-24-46-38)50-36-20-30(6)18-34(22-36)32-15-27(3)12-28(4)16-32/h7-22,49-50H,23-24H2,1-6H3. The number of hydrogen-bond donors (Lipinski definition) is 0. The average Bonchev–Trinajstić information content (AvgIpc) is 3.74.